The van der Waals surface area contributed by atoms with Crippen molar-refractivity contribution >= 4 is 28.6 Å². The van der Waals surface area contributed by atoms with Crippen LogP contribution in [-0.2, 0) is 16.6 Å². The molecule has 1 aromatic heterocycles. The number of hydrogen-bond acceptors (Lipinski definition) is 3. The number of aromatic nitrogens is 1. The molecule has 0 unspecified atom stereocenters. The first kappa shape index (κ1) is 16.2. The van der Waals surface area contributed by atoms with Crippen LogP contribution in [0.2, 0.25) is 0 Å². The summed E-state index contributed by atoms with van der Waals surface area (Å²) in [7, 11) is 1.88. The molecule has 1 atom stereocenters. The van der Waals surface area contributed by atoms with Gasteiger partial charge < -0.3 is 14.6 Å². The van der Waals surface area contributed by atoms with Gasteiger partial charge in [-0.15, -0.1) is 0 Å². The molecule has 1 aliphatic heterocycles. The number of Topliss-reactive ketones (excluding diaryl/α,β-unsaturated/α-hetero) is 1. The largest absolute Gasteiger partial charge is 0.480 e. The van der Waals surface area contributed by atoms with Crippen LogP contribution in [0.5, 0.6) is 0 Å². The van der Waals surface area contributed by atoms with Gasteiger partial charge in [-0.3, -0.25) is 9.59 Å². The van der Waals surface area contributed by atoms with Crippen molar-refractivity contribution in [2.75, 3.05) is 6.54 Å². The summed E-state index contributed by atoms with van der Waals surface area (Å²) in [6.45, 7) is 0.457. The van der Waals surface area contributed by atoms with Gasteiger partial charge in [0.25, 0.3) is 0 Å². The van der Waals surface area contributed by atoms with Crippen LogP contribution in [-0.4, -0.2) is 44.8 Å². The van der Waals surface area contributed by atoms with Crippen molar-refractivity contribution in [2.45, 2.75) is 31.7 Å². The lowest BCUT2D eigenvalue weighted by molar-refractivity contribution is -0.148. The zero-order valence-electron chi connectivity index (χ0n) is 13.6. The molecule has 6 heteroatoms. The molecule has 1 N–H and O–H groups in total. The summed E-state index contributed by atoms with van der Waals surface area (Å²) in [6, 6.07) is 6.89. The summed E-state index contributed by atoms with van der Waals surface area (Å²) < 4.78 is 1.89. The van der Waals surface area contributed by atoms with E-state index in [2.05, 4.69) is 0 Å². The number of carbonyl (C=O) groups excluding carboxylic acids is 2. The minimum absolute atomic E-state index is 0.0475. The number of nitrogens with zero attached hydrogens (tertiary/aromatic N) is 2. The van der Waals surface area contributed by atoms with Crippen molar-refractivity contribution in [2.24, 2.45) is 7.05 Å². The topological polar surface area (TPSA) is 79.6 Å². The number of aryl methyl sites for hydroxylation is 1. The van der Waals surface area contributed by atoms with Crippen LogP contribution >= 0.6 is 0 Å². The predicted molar refractivity (Wildman–Crippen MR) is 88.9 cm³/mol. The maximum atomic E-state index is 12.5. The highest BCUT2D eigenvalue weighted by Gasteiger charge is 2.33. The number of hydrogen-bond donors (Lipinski definition) is 1. The number of benzene rings is 1. The fourth-order valence-corrected chi connectivity index (χ4v) is 3.38. The number of carboxylic acid groups (broad SMARTS) is 1. The molecule has 1 aliphatic rings. The van der Waals surface area contributed by atoms with Gasteiger partial charge in [0.1, 0.15) is 6.04 Å². The summed E-state index contributed by atoms with van der Waals surface area (Å²) >= 11 is 0. The van der Waals surface area contributed by atoms with Gasteiger partial charge in [0.2, 0.25) is 5.91 Å². The van der Waals surface area contributed by atoms with Gasteiger partial charge in [0.15, 0.2) is 5.78 Å². The van der Waals surface area contributed by atoms with E-state index >= 15 is 0 Å². The summed E-state index contributed by atoms with van der Waals surface area (Å²) in [5.41, 5.74) is 1.58. The third-order valence-electron chi connectivity index (χ3n) is 4.62. The lowest BCUT2D eigenvalue weighted by Crippen LogP contribution is -2.40. The van der Waals surface area contributed by atoms with E-state index in [0.717, 1.165) is 10.9 Å². The summed E-state index contributed by atoms with van der Waals surface area (Å²) in [5.74, 6) is -1.32. The summed E-state index contributed by atoms with van der Waals surface area (Å²) in [4.78, 5) is 37.3. The van der Waals surface area contributed by atoms with Crippen LogP contribution in [0.15, 0.2) is 30.5 Å². The standard InChI is InChI=1S/C18H20N2O4/c1-19-11-13(12-5-2-3-6-14(12)19)16(21)8-9-17(22)20-10-4-7-15(20)18(23)24/h2-3,5-6,11,15H,4,7-10H2,1H3,(H,23,24)/t15-/m0/s1. The van der Waals surface area contributed by atoms with Crippen LogP contribution in [0.3, 0.4) is 0 Å². The Kier molecular flexibility index (Phi) is 4.38. The minimum atomic E-state index is -0.971. The van der Waals surface area contributed by atoms with Crippen molar-refractivity contribution in [1.82, 2.24) is 9.47 Å². The summed E-state index contributed by atoms with van der Waals surface area (Å²) in [6.07, 6.45) is 3.10. The molecule has 24 heavy (non-hydrogen) atoms. The zero-order valence-corrected chi connectivity index (χ0v) is 13.6. The van der Waals surface area contributed by atoms with Gasteiger partial charge in [-0.05, 0) is 18.9 Å². The minimum Gasteiger partial charge on any atom is -0.480 e. The first-order valence-corrected chi connectivity index (χ1v) is 8.08. The molecule has 0 bridgehead atoms. The number of carboxylic acids is 1. The molecular formula is C18H20N2O4. The SMILES string of the molecule is Cn1cc(C(=O)CCC(=O)N2CCC[C@H]2C(=O)O)c2ccccc21. The number of fused-ring (bicyclic) bond motifs is 1. The molecule has 126 valence electrons. The van der Waals surface area contributed by atoms with Crippen LogP contribution in [0.1, 0.15) is 36.0 Å². The van der Waals surface area contributed by atoms with E-state index in [1.807, 2.05) is 35.9 Å². The molecule has 1 fully saturated rings. The quantitative estimate of drug-likeness (QED) is 0.854. The van der Waals surface area contributed by atoms with Crippen molar-refractivity contribution in [3.63, 3.8) is 0 Å². The number of likely N-dealkylation sites (tertiary alicyclic amines) is 1. The van der Waals surface area contributed by atoms with E-state index in [0.29, 0.717) is 24.9 Å². The van der Waals surface area contributed by atoms with Gasteiger partial charge in [0, 0.05) is 49.1 Å². The van der Waals surface area contributed by atoms with Crippen molar-refractivity contribution < 1.29 is 19.5 Å². The molecule has 0 aliphatic carbocycles. The van der Waals surface area contributed by atoms with Gasteiger partial charge >= 0.3 is 5.97 Å². The Morgan fingerprint density at radius 1 is 1.21 bits per heavy atom. The van der Waals surface area contributed by atoms with E-state index in [1.165, 1.54) is 4.90 Å². The number of ketones is 1. The molecule has 2 heterocycles. The smallest absolute Gasteiger partial charge is 0.326 e. The Bertz CT molecular complexity index is 808. The van der Waals surface area contributed by atoms with E-state index in [1.54, 1.807) is 6.20 Å². The van der Waals surface area contributed by atoms with Crippen LogP contribution in [0.4, 0.5) is 0 Å². The van der Waals surface area contributed by atoms with Crippen LogP contribution in [0.25, 0.3) is 10.9 Å². The molecule has 0 saturated carbocycles. The van der Waals surface area contributed by atoms with Crippen molar-refractivity contribution in [3.05, 3.63) is 36.0 Å². The van der Waals surface area contributed by atoms with Crippen LogP contribution in [0, 0.1) is 0 Å². The fraction of sp³-hybridized carbons (Fsp3) is 0.389. The Labute approximate surface area is 139 Å². The number of para-hydroxylation sites is 1. The Morgan fingerprint density at radius 2 is 1.96 bits per heavy atom. The van der Waals surface area contributed by atoms with Gasteiger partial charge in [-0.2, -0.15) is 0 Å². The first-order chi connectivity index (χ1) is 11.5. The lowest BCUT2D eigenvalue weighted by Gasteiger charge is -2.21. The molecule has 2 aromatic rings. The lowest BCUT2D eigenvalue weighted by atomic mass is 10.1. The highest BCUT2D eigenvalue weighted by Crippen LogP contribution is 2.23. The van der Waals surface area contributed by atoms with E-state index in [9.17, 15) is 14.4 Å². The maximum absolute atomic E-state index is 12.5. The molecule has 1 amide bonds. The summed E-state index contributed by atoms with van der Waals surface area (Å²) in [5, 5.41) is 10.0. The van der Waals surface area contributed by atoms with Crippen molar-refractivity contribution in [1.29, 1.82) is 0 Å². The van der Waals surface area contributed by atoms with Crippen LogP contribution < -0.4 is 0 Å². The van der Waals surface area contributed by atoms with Gasteiger partial charge in [-0.25, -0.2) is 4.79 Å². The molecule has 0 radical (unpaired) electrons. The highest BCUT2D eigenvalue weighted by molar-refractivity contribution is 6.08. The third kappa shape index (κ3) is 2.91. The molecular weight excluding hydrogens is 308 g/mol. The average Bonchev–Trinajstić information content (AvgIpc) is 3.18. The number of amides is 1. The van der Waals surface area contributed by atoms with E-state index < -0.39 is 12.0 Å². The second-order valence-corrected chi connectivity index (χ2v) is 6.18. The van der Waals surface area contributed by atoms with E-state index in [4.69, 9.17) is 5.11 Å². The molecule has 0 spiro atoms. The van der Waals surface area contributed by atoms with Crippen molar-refractivity contribution in [3.8, 4) is 0 Å². The Morgan fingerprint density at radius 3 is 2.71 bits per heavy atom. The monoisotopic (exact) mass is 328 g/mol. The zero-order chi connectivity index (χ0) is 17.3. The second-order valence-electron chi connectivity index (χ2n) is 6.18. The number of aliphatic carboxylic acids is 1. The molecule has 1 saturated heterocycles. The third-order valence-corrected chi connectivity index (χ3v) is 4.62. The van der Waals surface area contributed by atoms with Gasteiger partial charge in [-0.1, -0.05) is 18.2 Å². The maximum Gasteiger partial charge on any atom is 0.326 e. The molecule has 3 rings (SSSR count). The first-order valence-electron chi connectivity index (χ1n) is 8.08. The molecule has 1 aromatic carbocycles. The second kappa shape index (κ2) is 6.47. The van der Waals surface area contributed by atoms with Gasteiger partial charge in [0.05, 0.1) is 0 Å². The highest BCUT2D eigenvalue weighted by atomic mass is 16.4. The molecule has 6 nitrogen and oxygen atoms in total. The average molecular weight is 328 g/mol. The Balaban J connectivity index is 1.69. The van der Waals surface area contributed by atoms with E-state index in [-0.39, 0.29) is 24.5 Å². The normalized spacial score (nSPS) is 17.4. The predicted octanol–water partition coefficient (Wildman–Crippen LogP) is 2.22. The number of rotatable bonds is 5. The number of carbonyl (C=O) groups is 3. The Hall–Kier alpha value is -2.63. The fourth-order valence-electron chi connectivity index (χ4n) is 3.38.